The summed E-state index contributed by atoms with van der Waals surface area (Å²) in [6.45, 7) is 5.98. The zero-order chi connectivity index (χ0) is 14.0. The number of rotatable bonds is 11. The van der Waals surface area contributed by atoms with Crippen LogP contribution in [-0.2, 0) is 4.79 Å². The average molecular weight is 277 g/mol. The lowest BCUT2D eigenvalue weighted by Crippen LogP contribution is -2.34. The van der Waals surface area contributed by atoms with Crippen molar-refractivity contribution >= 4 is 17.7 Å². The zero-order valence-electron chi connectivity index (χ0n) is 11.8. The summed E-state index contributed by atoms with van der Waals surface area (Å²) in [5.74, 6) is -1.01. The molecule has 0 spiro atoms. The van der Waals surface area contributed by atoms with Crippen LogP contribution < -0.4 is 5.11 Å². The maximum absolute atomic E-state index is 13.6. The number of carbonyl (C=O) groups is 1. The molecule has 0 heterocycles. The number of thioether (sulfide) groups is 1. The minimum Gasteiger partial charge on any atom is -0.549 e. The van der Waals surface area contributed by atoms with Crippen molar-refractivity contribution in [3.05, 3.63) is 0 Å². The topological polar surface area (TPSA) is 40.1 Å². The maximum atomic E-state index is 13.6. The minimum absolute atomic E-state index is 0.0385. The van der Waals surface area contributed by atoms with Crippen molar-refractivity contribution in [1.29, 1.82) is 0 Å². The Kier molecular flexibility index (Phi) is 10.5. The molecule has 2 nitrogen and oxygen atoms in total. The largest absolute Gasteiger partial charge is 0.549 e. The fourth-order valence-electron chi connectivity index (χ4n) is 1.87. The Hall–Kier alpha value is -0.250. The van der Waals surface area contributed by atoms with Gasteiger partial charge in [0, 0.05) is 10.5 Å². The van der Waals surface area contributed by atoms with Crippen molar-refractivity contribution in [3.8, 4) is 0 Å². The third kappa shape index (κ3) is 8.78. The Morgan fingerprint density at radius 2 is 1.78 bits per heavy atom. The SMILES string of the molecule is CCCCC(F)CC(C)SC(CCCC)C(=O)[O-]. The molecular weight excluding hydrogens is 251 g/mol. The van der Waals surface area contributed by atoms with Crippen LogP contribution in [0.5, 0.6) is 0 Å². The fourth-order valence-corrected chi connectivity index (χ4v) is 3.17. The zero-order valence-corrected chi connectivity index (χ0v) is 12.6. The Labute approximate surface area is 115 Å². The molecule has 0 aliphatic heterocycles. The van der Waals surface area contributed by atoms with Gasteiger partial charge in [-0.3, -0.25) is 0 Å². The molecular formula is C14H26FO2S-. The van der Waals surface area contributed by atoms with E-state index in [-0.39, 0.29) is 5.25 Å². The van der Waals surface area contributed by atoms with Gasteiger partial charge in [-0.2, -0.15) is 0 Å². The van der Waals surface area contributed by atoms with Crippen molar-refractivity contribution in [2.24, 2.45) is 0 Å². The van der Waals surface area contributed by atoms with E-state index in [1.807, 2.05) is 20.8 Å². The van der Waals surface area contributed by atoms with Gasteiger partial charge < -0.3 is 9.90 Å². The Bertz CT molecular complexity index is 224. The fraction of sp³-hybridized carbons (Fsp3) is 0.929. The van der Waals surface area contributed by atoms with Gasteiger partial charge in [-0.25, -0.2) is 4.39 Å². The van der Waals surface area contributed by atoms with Crippen LogP contribution in [0.15, 0.2) is 0 Å². The highest BCUT2D eigenvalue weighted by Gasteiger charge is 2.18. The molecule has 3 unspecified atom stereocenters. The van der Waals surface area contributed by atoms with E-state index in [4.69, 9.17) is 0 Å². The number of carboxylic acids is 1. The Morgan fingerprint density at radius 3 is 2.28 bits per heavy atom. The van der Waals surface area contributed by atoms with Gasteiger partial charge in [0.15, 0.2) is 0 Å². The van der Waals surface area contributed by atoms with Crippen LogP contribution in [0.2, 0.25) is 0 Å². The summed E-state index contributed by atoms with van der Waals surface area (Å²) >= 11 is 1.35. The van der Waals surface area contributed by atoms with Gasteiger partial charge in [0.2, 0.25) is 0 Å². The molecule has 3 atom stereocenters. The van der Waals surface area contributed by atoms with Crippen molar-refractivity contribution in [3.63, 3.8) is 0 Å². The molecule has 0 rings (SSSR count). The van der Waals surface area contributed by atoms with Crippen LogP contribution in [-0.4, -0.2) is 22.6 Å². The van der Waals surface area contributed by atoms with Gasteiger partial charge in [0.25, 0.3) is 0 Å². The average Bonchev–Trinajstić information content (AvgIpc) is 2.31. The summed E-state index contributed by atoms with van der Waals surface area (Å²) in [4.78, 5) is 11.0. The summed E-state index contributed by atoms with van der Waals surface area (Å²) in [5, 5.41) is 10.5. The van der Waals surface area contributed by atoms with E-state index in [0.29, 0.717) is 19.3 Å². The van der Waals surface area contributed by atoms with Gasteiger partial charge in [-0.15, -0.1) is 11.8 Å². The highest BCUT2D eigenvalue weighted by atomic mass is 32.2. The van der Waals surface area contributed by atoms with Crippen molar-refractivity contribution in [2.45, 2.75) is 82.4 Å². The molecule has 0 amide bonds. The molecule has 0 aromatic heterocycles. The molecule has 0 bridgehead atoms. The first-order valence-corrected chi connectivity index (χ1v) is 7.95. The number of aliphatic carboxylic acids is 1. The molecule has 0 aliphatic carbocycles. The summed E-state index contributed by atoms with van der Waals surface area (Å²) in [6, 6.07) is 0. The molecule has 0 saturated carbocycles. The standard InChI is InChI=1S/C14H27FO2S/c1-4-6-8-12(15)10-11(3)18-13(14(16)17)9-7-5-2/h11-13H,4-10H2,1-3H3,(H,16,17)/p-1. The van der Waals surface area contributed by atoms with Gasteiger partial charge in [0.05, 0.1) is 5.97 Å². The monoisotopic (exact) mass is 277 g/mol. The number of unbranched alkanes of at least 4 members (excludes halogenated alkanes) is 2. The second-order valence-electron chi connectivity index (χ2n) is 4.87. The second kappa shape index (κ2) is 10.7. The van der Waals surface area contributed by atoms with Crippen molar-refractivity contribution in [2.75, 3.05) is 0 Å². The van der Waals surface area contributed by atoms with Gasteiger partial charge >= 0.3 is 0 Å². The second-order valence-corrected chi connectivity index (χ2v) is 6.52. The number of carboxylic acid groups (broad SMARTS) is 1. The van der Waals surface area contributed by atoms with E-state index >= 15 is 0 Å². The van der Waals surface area contributed by atoms with E-state index in [1.54, 1.807) is 0 Å². The maximum Gasteiger partial charge on any atom is 0.101 e. The van der Waals surface area contributed by atoms with Crippen LogP contribution in [0, 0.1) is 0 Å². The van der Waals surface area contributed by atoms with E-state index in [2.05, 4.69) is 0 Å². The van der Waals surface area contributed by atoms with E-state index in [0.717, 1.165) is 25.7 Å². The van der Waals surface area contributed by atoms with E-state index < -0.39 is 17.4 Å². The highest BCUT2D eigenvalue weighted by molar-refractivity contribution is 8.01. The minimum atomic E-state index is -1.01. The van der Waals surface area contributed by atoms with Gasteiger partial charge in [0.1, 0.15) is 6.17 Å². The van der Waals surface area contributed by atoms with Crippen LogP contribution in [0.25, 0.3) is 0 Å². The lowest BCUT2D eigenvalue weighted by Gasteiger charge is -2.22. The first-order chi connectivity index (χ1) is 8.51. The van der Waals surface area contributed by atoms with E-state index in [1.165, 1.54) is 11.8 Å². The summed E-state index contributed by atoms with van der Waals surface area (Å²) < 4.78 is 13.6. The molecule has 0 aromatic rings. The molecule has 0 N–H and O–H groups in total. The van der Waals surface area contributed by atoms with Crippen LogP contribution >= 0.6 is 11.8 Å². The van der Waals surface area contributed by atoms with Crippen molar-refractivity contribution in [1.82, 2.24) is 0 Å². The molecule has 0 aliphatic rings. The number of halogens is 1. The van der Waals surface area contributed by atoms with E-state index in [9.17, 15) is 14.3 Å². The first kappa shape index (κ1) is 17.8. The van der Waals surface area contributed by atoms with Gasteiger partial charge in [-0.1, -0.05) is 46.5 Å². The molecule has 0 saturated heterocycles. The number of carbonyl (C=O) groups excluding carboxylic acids is 1. The summed E-state index contributed by atoms with van der Waals surface area (Å²) in [6.07, 6.45) is 4.61. The normalized spacial score (nSPS) is 16.2. The van der Waals surface area contributed by atoms with Crippen LogP contribution in [0.1, 0.15) is 65.7 Å². The highest BCUT2D eigenvalue weighted by Crippen LogP contribution is 2.26. The third-order valence-corrected chi connectivity index (χ3v) is 4.35. The molecule has 0 fully saturated rings. The lowest BCUT2D eigenvalue weighted by atomic mass is 10.1. The smallest absolute Gasteiger partial charge is 0.101 e. The molecule has 0 aromatic carbocycles. The number of hydrogen-bond acceptors (Lipinski definition) is 3. The predicted octanol–water partition coefficient (Wildman–Crippen LogP) is 3.34. The Morgan fingerprint density at radius 1 is 1.22 bits per heavy atom. The lowest BCUT2D eigenvalue weighted by molar-refractivity contribution is -0.304. The third-order valence-electron chi connectivity index (χ3n) is 2.94. The molecule has 0 radical (unpaired) electrons. The van der Waals surface area contributed by atoms with Crippen molar-refractivity contribution < 1.29 is 14.3 Å². The predicted molar refractivity (Wildman–Crippen MR) is 74.4 cm³/mol. The van der Waals surface area contributed by atoms with Crippen LogP contribution in [0.4, 0.5) is 4.39 Å². The van der Waals surface area contributed by atoms with Gasteiger partial charge in [-0.05, 0) is 19.3 Å². The molecule has 18 heavy (non-hydrogen) atoms. The summed E-state index contributed by atoms with van der Waals surface area (Å²) in [5.41, 5.74) is 0. The number of hydrogen-bond donors (Lipinski definition) is 0. The Balaban J connectivity index is 4.00. The first-order valence-electron chi connectivity index (χ1n) is 7.01. The molecule has 108 valence electrons. The van der Waals surface area contributed by atoms with Crippen LogP contribution in [0.3, 0.4) is 0 Å². The summed E-state index contributed by atoms with van der Waals surface area (Å²) in [7, 11) is 0. The quantitative estimate of drug-likeness (QED) is 0.581. The number of alkyl halides is 1. The molecule has 4 heteroatoms.